The van der Waals surface area contributed by atoms with E-state index >= 15 is 0 Å². The van der Waals surface area contributed by atoms with Gasteiger partial charge in [0.2, 0.25) is 0 Å². The molecule has 0 saturated carbocycles. The molecule has 7 rings (SSSR count). The smallest absolute Gasteiger partial charge is 0.543 e. The van der Waals surface area contributed by atoms with Gasteiger partial charge in [0, 0.05) is 31.4 Å². The number of nitrogens with zero attached hydrogens (tertiary/aromatic N) is 5. The van der Waals surface area contributed by atoms with Crippen molar-refractivity contribution in [3.63, 3.8) is 0 Å². The fourth-order valence-electron chi connectivity index (χ4n) is 6.70. The first-order valence-corrected chi connectivity index (χ1v) is 19.0. The number of para-hydroxylation sites is 4. The molecule has 2 aliphatic heterocycles. The van der Waals surface area contributed by atoms with Gasteiger partial charge in [-0.1, -0.05) is 82.7 Å². The Morgan fingerprint density at radius 3 is 1.36 bits per heavy atom. The zero-order valence-electron chi connectivity index (χ0n) is 31.8. The first-order chi connectivity index (χ1) is 26.7. The Labute approximate surface area is 340 Å². The largest absolute Gasteiger partial charge is 3.00 e. The van der Waals surface area contributed by atoms with Gasteiger partial charge in [0.25, 0.3) is 0 Å². The van der Waals surface area contributed by atoms with E-state index in [0.717, 1.165) is 60.8 Å². The van der Waals surface area contributed by atoms with Crippen LogP contribution in [-0.2, 0) is 20.1 Å². The van der Waals surface area contributed by atoms with Crippen LogP contribution in [0.3, 0.4) is 0 Å². The molecule has 5 aromatic rings. The summed E-state index contributed by atoms with van der Waals surface area (Å²) >= 11 is 0. The molecule has 0 N–H and O–H groups in total. The summed E-state index contributed by atoms with van der Waals surface area (Å²) in [5, 5.41) is 10.0. The van der Waals surface area contributed by atoms with Gasteiger partial charge < -0.3 is 29.5 Å². The summed E-state index contributed by atoms with van der Waals surface area (Å²) in [5.74, 6) is -3.37. The Morgan fingerprint density at radius 1 is 0.571 bits per heavy atom. The molecule has 4 aromatic carbocycles. The molecule has 0 bridgehead atoms. The van der Waals surface area contributed by atoms with Crippen molar-refractivity contribution in [3.05, 3.63) is 138 Å². The van der Waals surface area contributed by atoms with Crippen LogP contribution in [0.2, 0.25) is 0 Å². The van der Waals surface area contributed by atoms with Crippen molar-refractivity contribution in [2.24, 2.45) is 0 Å². The number of carbonyl (C=O) groups excluding carboxylic acids is 1. The van der Waals surface area contributed by atoms with Gasteiger partial charge in [-0.15, -0.1) is 0 Å². The molecule has 0 saturated heterocycles. The van der Waals surface area contributed by atoms with Gasteiger partial charge >= 0.3 is 20.1 Å². The molecule has 0 unspecified atom stereocenters. The number of anilines is 6. The number of rotatable bonds is 13. The monoisotopic (exact) mass is 947 g/mol. The summed E-state index contributed by atoms with van der Waals surface area (Å²) in [6.45, 7) is 7.52. The Kier molecular flexibility index (Phi) is 17.2. The second kappa shape index (κ2) is 22.0. The van der Waals surface area contributed by atoms with Gasteiger partial charge in [-0.3, -0.25) is 4.98 Å². The number of aromatic carboxylic acids is 1. The minimum Gasteiger partial charge on any atom is -0.543 e. The van der Waals surface area contributed by atoms with Gasteiger partial charge in [-0.25, -0.2) is 17.6 Å². The third-order valence-electron chi connectivity index (χ3n) is 9.49. The van der Waals surface area contributed by atoms with Gasteiger partial charge in [0.15, 0.2) is 0 Å². The number of halogens is 4. The van der Waals surface area contributed by atoms with Crippen LogP contribution in [0.1, 0.15) is 75.7 Å². The van der Waals surface area contributed by atoms with Crippen molar-refractivity contribution in [2.75, 3.05) is 46.0 Å². The molecule has 0 spiro atoms. The topological polar surface area (TPSA) is 66.0 Å². The third-order valence-corrected chi connectivity index (χ3v) is 9.49. The van der Waals surface area contributed by atoms with E-state index in [-0.39, 0.29) is 25.8 Å². The van der Waals surface area contributed by atoms with E-state index in [0.29, 0.717) is 24.7 Å². The van der Waals surface area contributed by atoms with E-state index in [2.05, 4.69) is 40.8 Å². The van der Waals surface area contributed by atoms with Crippen molar-refractivity contribution in [3.8, 4) is 0 Å². The molecule has 3 heterocycles. The molecule has 0 aliphatic carbocycles. The summed E-state index contributed by atoms with van der Waals surface area (Å²) in [5.41, 5.74) is 5.02. The normalized spacial score (nSPS) is 12.5. The fourth-order valence-corrected chi connectivity index (χ4v) is 6.70. The fraction of sp³-hybridized carbons (Fsp3) is 0.318. The number of hydrogen-bond donors (Lipinski definition) is 0. The van der Waals surface area contributed by atoms with Crippen LogP contribution in [0.5, 0.6) is 0 Å². The summed E-state index contributed by atoms with van der Waals surface area (Å²) in [6, 6.07) is 28.2. The summed E-state index contributed by atoms with van der Waals surface area (Å²) in [7, 11) is 0. The Morgan fingerprint density at radius 2 is 1.00 bits per heavy atom. The Bertz CT molecular complexity index is 1870. The van der Waals surface area contributed by atoms with E-state index in [1.54, 1.807) is 12.1 Å². The number of hydrogen-bond acceptors (Lipinski definition) is 7. The van der Waals surface area contributed by atoms with Crippen molar-refractivity contribution < 1.29 is 47.6 Å². The van der Waals surface area contributed by atoms with Crippen LogP contribution in [0.15, 0.2) is 109 Å². The average Bonchev–Trinajstić information content (AvgIpc) is 3.74. The third kappa shape index (κ3) is 11.6. The molecule has 56 heavy (non-hydrogen) atoms. The van der Waals surface area contributed by atoms with Crippen LogP contribution < -0.4 is 24.7 Å². The van der Waals surface area contributed by atoms with Crippen LogP contribution in [-0.4, -0.2) is 37.4 Å². The van der Waals surface area contributed by atoms with Crippen LogP contribution in [0.4, 0.5) is 51.7 Å². The van der Waals surface area contributed by atoms with E-state index < -0.39 is 29.2 Å². The minimum absolute atomic E-state index is 0. The summed E-state index contributed by atoms with van der Waals surface area (Å²) < 4.78 is 54.7. The average molecular weight is 947 g/mol. The molecule has 12 heteroatoms. The van der Waals surface area contributed by atoms with E-state index in [1.807, 2.05) is 46.2 Å². The maximum absolute atomic E-state index is 14.2. The number of benzene rings is 4. The number of fused-ring (bicyclic) bond motifs is 2. The summed E-state index contributed by atoms with van der Waals surface area (Å²) in [6.07, 6.45) is 11.0. The maximum atomic E-state index is 14.2. The van der Waals surface area contributed by atoms with Crippen molar-refractivity contribution >= 4 is 40.1 Å². The van der Waals surface area contributed by atoms with E-state index in [9.17, 15) is 27.5 Å². The SMILES string of the molecule is CCCCCCN1CN(c2ccc(F)cc2F)c2ccccc21.CCCCCCN1CN(c2ccc(F)cc2F)c2ccccc21.O=C([O-])c1ccccn1.[Ir+3]. The number of carbonyl (C=O) groups is 1. The van der Waals surface area contributed by atoms with Crippen LogP contribution in [0, 0.1) is 23.3 Å². The molecule has 1 aromatic heterocycles. The number of pyridine rings is 1. The molecule has 296 valence electrons. The standard InChI is InChI=1S/2C19H22F2N2.C6H5NO2.Ir/c2*1-2-3-4-7-12-22-14-23(19-9-6-5-8-18(19)22)17-11-10-15(20)13-16(17)21;8-6(9)5-3-1-2-4-7-5;/h2*5-6,8-11,13H,2-4,7,12,14H2,1H3;1-4H,(H,8,9);/q;;;+3/p-1. The van der Waals surface area contributed by atoms with Crippen LogP contribution >= 0.6 is 0 Å². The zero-order chi connectivity index (χ0) is 39.2. The minimum atomic E-state index is -1.24. The van der Waals surface area contributed by atoms with E-state index in [4.69, 9.17) is 0 Å². The molecule has 0 radical (unpaired) electrons. The Hall–Kier alpha value is -4.93. The molecule has 2 aliphatic rings. The number of carboxylic acids is 1. The molecule has 0 amide bonds. The summed E-state index contributed by atoms with van der Waals surface area (Å²) in [4.78, 5) is 21.9. The number of unbranched alkanes of at least 4 members (excludes halogenated alkanes) is 6. The predicted octanol–water partition coefficient (Wildman–Crippen LogP) is 10.4. The first-order valence-electron chi connectivity index (χ1n) is 19.0. The van der Waals surface area contributed by atoms with Crippen LogP contribution in [0.25, 0.3) is 0 Å². The van der Waals surface area contributed by atoms with Crippen molar-refractivity contribution in [2.45, 2.75) is 65.2 Å². The molecule has 0 atom stereocenters. The van der Waals surface area contributed by atoms with Gasteiger partial charge in [-0.2, -0.15) is 0 Å². The van der Waals surface area contributed by atoms with Crippen molar-refractivity contribution in [1.29, 1.82) is 0 Å². The first kappa shape index (κ1) is 43.8. The quantitative estimate of drug-likeness (QED) is 0.0861. The maximum Gasteiger partial charge on any atom is 3.00 e. The second-order valence-electron chi connectivity index (χ2n) is 13.5. The molecule has 0 fully saturated rings. The molecular weight excluding hydrogens is 899 g/mol. The second-order valence-corrected chi connectivity index (χ2v) is 13.5. The molecular formula is C44H48F4IrN5O2+2. The number of carboxylic acid groups (broad SMARTS) is 1. The van der Waals surface area contributed by atoms with Gasteiger partial charge in [-0.05, 0) is 73.5 Å². The Balaban J connectivity index is 0.000000201. The van der Waals surface area contributed by atoms with E-state index in [1.165, 1.54) is 75.1 Å². The van der Waals surface area contributed by atoms with Gasteiger partial charge in [0.05, 0.1) is 59.1 Å². The predicted molar refractivity (Wildman–Crippen MR) is 211 cm³/mol. The number of aromatic nitrogens is 1. The van der Waals surface area contributed by atoms with Gasteiger partial charge in [0.1, 0.15) is 23.3 Å². The molecule has 7 nitrogen and oxygen atoms in total. The van der Waals surface area contributed by atoms with Crippen molar-refractivity contribution in [1.82, 2.24) is 4.98 Å². The zero-order valence-corrected chi connectivity index (χ0v) is 34.2.